The predicted octanol–water partition coefficient (Wildman–Crippen LogP) is 3.59. The first-order valence-corrected chi connectivity index (χ1v) is 10.8. The summed E-state index contributed by atoms with van der Waals surface area (Å²) < 4.78 is 41.3. The smallest absolute Gasteiger partial charge is 0.406 e. The number of β-amino-alcohol motifs (C(OH)–C–C–N with tert-alkyl or cyclic N) is 1. The van der Waals surface area contributed by atoms with Gasteiger partial charge in [-0.3, -0.25) is 9.89 Å². The summed E-state index contributed by atoms with van der Waals surface area (Å²) in [5, 5.41) is 24.2. The van der Waals surface area contributed by atoms with Crippen LogP contribution in [0.4, 0.5) is 13.2 Å². The number of benzene rings is 2. The molecule has 35 heavy (non-hydrogen) atoms. The van der Waals surface area contributed by atoms with Gasteiger partial charge in [-0.15, -0.1) is 13.2 Å². The van der Waals surface area contributed by atoms with E-state index in [1.807, 2.05) is 6.07 Å². The molecule has 180 valence electrons. The van der Waals surface area contributed by atoms with Gasteiger partial charge in [-0.2, -0.15) is 5.10 Å². The van der Waals surface area contributed by atoms with Crippen LogP contribution >= 0.6 is 0 Å². The zero-order valence-corrected chi connectivity index (χ0v) is 18.2. The monoisotopic (exact) mass is 483 g/mol. The van der Waals surface area contributed by atoms with Crippen LogP contribution in [-0.2, 0) is 13.1 Å². The number of aliphatic hydroxyl groups excluding tert-OH is 1. The van der Waals surface area contributed by atoms with Crippen LogP contribution in [0.2, 0.25) is 0 Å². The molecule has 0 radical (unpaired) electrons. The number of hydrogen-bond donors (Lipinski definition) is 4. The number of rotatable bonds is 5. The molecule has 3 heterocycles. The average molecular weight is 483 g/mol. The minimum absolute atomic E-state index is 0.0130. The Balaban J connectivity index is 1.41. The number of hydrogen-bond acceptors (Lipinski definition) is 6. The summed E-state index contributed by atoms with van der Waals surface area (Å²) in [6, 6.07) is 12.3. The van der Waals surface area contributed by atoms with Crippen molar-refractivity contribution in [2.45, 2.75) is 25.6 Å². The number of alkyl halides is 3. The number of carbonyl (C=O) groups excluding carboxylic acids is 1. The number of fused-ring (bicyclic) bond motifs is 2. The van der Waals surface area contributed by atoms with Crippen LogP contribution in [0.15, 0.2) is 54.7 Å². The molecule has 4 N–H and O–H groups in total. The number of aliphatic hydroxyl groups is 1. The second-order valence-corrected chi connectivity index (χ2v) is 8.08. The second-order valence-electron chi connectivity index (χ2n) is 8.08. The van der Waals surface area contributed by atoms with Crippen LogP contribution in [0.25, 0.3) is 22.2 Å². The van der Waals surface area contributed by atoms with Gasteiger partial charge in [-0.05, 0) is 35.4 Å². The van der Waals surface area contributed by atoms with Crippen LogP contribution in [0, 0.1) is 0 Å². The Morgan fingerprint density at radius 3 is 2.86 bits per heavy atom. The number of nitrogens with one attached hydrogen (secondary N) is 3. The predicted molar refractivity (Wildman–Crippen MR) is 120 cm³/mol. The van der Waals surface area contributed by atoms with E-state index in [4.69, 9.17) is 0 Å². The number of halogens is 3. The second kappa shape index (κ2) is 9.01. The van der Waals surface area contributed by atoms with Gasteiger partial charge < -0.3 is 20.5 Å². The van der Waals surface area contributed by atoms with Crippen molar-refractivity contribution in [3.8, 4) is 16.9 Å². The summed E-state index contributed by atoms with van der Waals surface area (Å²) >= 11 is 0. The maximum Gasteiger partial charge on any atom is 0.573 e. The molecule has 5 rings (SSSR count). The molecule has 0 spiro atoms. The summed E-state index contributed by atoms with van der Waals surface area (Å²) in [6.07, 6.45) is -3.93. The van der Waals surface area contributed by atoms with Crippen LogP contribution in [0.5, 0.6) is 5.75 Å². The van der Waals surface area contributed by atoms with Crippen molar-refractivity contribution in [2.75, 3.05) is 6.54 Å². The number of aromatic nitrogens is 3. The largest absolute Gasteiger partial charge is 0.573 e. The molecule has 8 nitrogen and oxygen atoms in total. The Morgan fingerprint density at radius 1 is 1.20 bits per heavy atom. The van der Waals surface area contributed by atoms with Gasteiger partial charge in [0.15, 0.2) is 5.65 Å². The Kier molecular flexibility index (Phi) is 5.87. The van der Waals surface area contributed by atoms with Crippen LogP contribution in [-0.4, -0.2) is 39.1 Å². The zero-order chi connectivity index (χ0) is 24.6. The van der Waals surface area contributed by atoms with Gasteiger partial charge in [0.25, 0.3) is 5.91 Å². The van der Waals surface area contributed by atoms with Crippen molar-refractivity contribution in [3.63, 3.8) is 0 Å². The van der Waals surface area contributed by atoms with E-state index in [2.05, 4.69) is 30.6 Å². The Bertz CT molecular complexity index is 1400. The molecule has 2 aromatic heterocycles. The SMILES string of the molecule is O=C(NCc1cccc(OC(F)(F)F)c1)c1cccc(-c2c3c(nc4[nH]ncc24)CNCC3O)c1. The quantitative estimate of drug-likeness (QED) is 0.345. The van der Waals surface area contributed by atoms with E-state index in [-0.39, 0.29) is 12.3 Å². The van der Waals surface area contributed by atoms with E-state index in [1.54, 1.807) is 30.5 Å². The number of H-pyrrole nitrogens is 1. The first-order valence-electron chi connectivity index (χ1n) is 10.8. The lowest BCUT2D eigenvalue weighted by molar-refractivity contribution is -0.274. The van der Waals surface area contributed by atoms with E-state index < -0.39 is 18.4 Å². The fourth-order valence-electron chi connectivity index (χ4n) is 4.22. The molecular formula is C24H20F3N5O3. The molecule has 1 aliphatic heterocycles. The Hall–Kier alpha value is -3.96. The number of carbonyl (C=O) groups is 1. The molecule has 1 aliphatic rings. The number of aromatic amines is 1. The number of nitrogens with zero attached hydrogens (tertiary/aromatic N) is 2. The van der Waals surface area contributed by atoms with Gasteiger partial charge in [0.2, 0.25) is 0 Å². The van der Waals surface area contributed by atoms with Crippen LogP contribution < -0.4 is 15.4 Å². The number of pyridine rings is 1. The average Bonchev–Trinajstić information content (AvgIpc) is 3.29. The lowest BCUT2D eigenvalue weighted by Gasteiger charge is -2.25. The molecule has 0 fully saturated rings. The van der Waals surface area contributed by atoms with E-state index in [1.165, 1.54) is 18.2 Å². The summed E-state index contributed by atoms with van der Waals surface area (Å²) in [6.45, 7) is 0.882. The highest BCUT2D eigenvalue weighted by Crippen LogP contribution is 2.37. The molecule has 11 heteroatoms. The topological polar surface area (TPSA) is 112 Å². The zero-order valence-electron chi connectivity index (χ0n) is 18.2. The molecule has 0 aliphatic carbocycles. The van der Waals surface area contributed by atoms with Gasteiger partial charge in [0.05, 0.1) is 18.0 Å². The van der Waals surface area contributed by atoms with Gasteiger partial charge >= 0.3 is 6.36 Å². The third-order valence-electron chi connectivity index (χ3n) is 5.68. The highest BCUT2D eigenvalue weighted by atomic mass is 19.4. The summed E-state index contributed by atoms with van der Waals surface area (Å²) in [5.74, 6) is -0.756. The third-order valence-corrected chi connectivity index (χ3v) is 5.68. The fourth-order valence-corrected chi connectivity index (χ4v) is 4.22. The normalized spacial score (nSPS) is 15.6. The van der Waals surface area contributed by atoms with Gasteiger partial charge in [-0.25, -0.2) is 4.98 Å². The van der Waals surface area contributed by atoms with E-state index >= 15 is 0 Å². The molecule has 1 atom stereocenters. The van der Waals surface area contributed by atoms with Crippen molar-refractivity contribution < 1.29 is 27.8 Å². The number of ether oxygens (including phenoxy) is 1. The summed E-state index contributed by atoms with van der Waals surface area (Å²) in [4.78, 5) is 17.4. The molecule has 0 saturated heterocycles. The van der Waals surface area contributed by atoms with Crippen molar-refractivity contribution in [3.05, 3.63) is 77.1 Å². The van der Waals surface area contributed by atoms with Gasteiger partial charge in [0.1, 0.15) is 5.75 Å². The van der Waals surface area contributed by atoms with E-state index in [0.717, 1.165) is 10.9 Å². The van der Waals surface area contributed by atoms with Gasteiger partial charge in [0, 0.05) is 41.7 Å². The van der Waals surface area contributed by atoms with Crippen molar-refractivity contribution >= 4 is 16.9 Å². The van der Waals surface area contributed by atoms with E-state index in [9.17, 15) is 23.1 Å². The minimum atomic E-state index is -4.79. The highest BCUT2D eigenvalue weighted by molar-refractivity contribution is 5.99. The molecule has 0 bridgehead atoms. The molecular weight excluding hydrogens is 463 g/mol. The standard InChI is InChI=1S/C24H20F3N5O3/c25-24(26,27)35-16-6-1-3-13(7-16)9-29-23(34)15-5-2-4-14(8-15)20-17-10-30-32-22(17)31-18-11-28-12-19(33)21(18)20/h1-8,10,19,28,33H,9,11-12H2,(H,29,34)(H,30,31,32). The first-order chi connectivity index (χ1) is 16.8. The first kappa shape index (κ1) is 22.8. The molecule has 1 unspecified atom stereocenters. The summed E-state index contributed by atoms with van der Waals surface area (Å²) in [7, 11) is 0. The lowest BCUT2D eigenvalue weighted by Crippen LogP contribution is -2.29. The Morgan fingerprint density at radius 2 is 2.03 bits per heavy atom. The Labute approximate surface area is 197 Å². The summed E-state index contributed by atoms with van der Waals surface area (Å²) in [5.41, 5.74) is 4.24. The van der Waals surface area contributed by atoms with Crippen molar-refractivity contribution in [2.24, 2.45) is 0 Å². The van der Waals surface area contributed by atoms with Gasteiger partial charge in [-0.1, -0.05) is 24.3 Å². The maximum atomic E-state index is 12.9. The molecule has 2 aromatic carbocycles. The fraction of sp³-hybridized carbons (Fsp3) is 0.208. The number of amides is 1. The molecule has 0 saturated carbocycles. The van der Waals surface area contributed by atoms with E-state index in [0.29, 0.717) is 46.7 Å². The molecule has 1 amide bonds. The molecule has 4 aromatic rings. The van der Waals surface area contributed by atoms with Crippen LogP contribution in [0.3, 0.4) is 0 Å². The maximum absolute atomic E-state index is 12.9. The van der Waals surface area contributed by atoms with Crippen LogP contribution in [0.1, 0.15) is 33.3 Å². The third kappa shape index (κ3) is 4.81. The lowest BCUT2D eigenvalue weighted by atomic mass is 9.90. The van der Waals surface area contributed by atoms with Crippen molar-refractivity contribution in [1.29, 1.82) is 0 Å². The van der Waals surface area contributed by atoms with Crippen molar-refractivity contribution in [1.82, 2.24) is 25.8 Å². The highest BCUT2D eigenvalue weighted by Gasteiger charge is 2.31. The minimum Gasteiger partial charge on any atom is -0.406 e.